The molecule has 1 aromatic carbocycles. The molecule has 0 aliphatic heterocycles. The third-order valence-corrected chi connectivity index (χ3v) is 2.30. The second-order valence-corrected chi connectivity index (χ2v) is 3.29. The maximum absolute atomic E-state index is 5.65. The van der Waals surface area contributed by atoms with Gasteiger partial charge in [-0.2, -0.15) is 0 Å². The zero-order chi connectivity index (χ0) is 10.7. The van der Waals surface area contributed by atoms with Gasteiger partial charge in [-0.1, -0.05) is 19.1 Å². The first-order valence-electron chi connectivity index (χ1n) is 5.00. The minimum atomic E-state index is -0.217. The maximum Gasteiger partial charge on any atom is 0.524 e. The minimum absolute atomic E-state index is 0.217. The zero-order valence-electron chi connectivity index (χ0n) is 8.90. The van der Waals surface area contributed by atoms with E-state index in [2.05, 4.69) is 0 Å². The van der Waals surface area contributed by atoms with Crippen LogP contribution in [0.15, 0.2) is 34.9 Å². The van der Waals surface area contributed by atoms with Crippen molar-refractivity contribution < 1.29 is 13.7 Å². The fourth-order valence-electron chi connectivity index (χ4n) is 1.48. The average molecular weight is 204 g/mol. The number of benzene rings is 1. The Morgan fingerprint density at radius 3 is 2.87 bits per heavy atom. The van der Waals surface area contributed by atoms with Gasteiger partial charge in [0.15, 0.2) is 0 Å². The van der Waals surface area contributed by atoms with Crippen LogP contribution in [0.1, 0.15) is 6.92 Å². The van der Waals surface area contributed by atoms with Gasteiger partial charge in [0.1, 0.15) is 17.6 Å². The first-order chi connectivity index (χ1) is 7.35. The van der Waals surface area contributed by atoms with Crippen molar-refractivity contribution in [2.45, 2.75) is 13.2 Å². The van der Waals surface area contributed by atoms with E-state index in [1.54, 1.807) is 13.4 Å². The molecule has 0 aliphatic rings. The third-order valence-electron chi connectivity index (χ3n) is 2.30. The molecule has 0 radical (unpaired) electrons. The molecule has 3 nitrogen and oxygen atoms in total. The molecule has 1 heterocycles. The predicted molar refractivity (Wildman–Crippen MR) is 60.1 cm³/mol. The van der Waals surface area contributed by atoms with Crippen LogP contribution in [0, 0.1) is 0 Å². The molecular formula is C11H13BO3. The van der Waals surface area contributed by atoms with E-state index in [-0.39, 0.29) is 7.12 Å². The lowest BCUT2D eigenvalue weighted by atomic mass is 9.86. The normalized spacial score (nSPS) is 10.5. The highest BCUT2D eigenvalue weighted by atomic mass is 16.6. The van der Waals surface area contributed by atoms with E-state index >= 15 is 0 Å². The van der Waals surface area contributed by atoms with E-state index in [4.69, 9.17) is 13.7 Å². The van der Waals surface area contributed by atoms with Gasteiger partial charge in [-0.05, 0) is 18.5 Å². The lowest BCUT2D eigenvalue weighted by Gasteiger charge is -2.09. The molecule has 0 saturated carbocycles. The summed E-state index contributed by atoms with van der Waals surface area (Å²) in [5.74, 6) is 0.735. The quantitative estimate of drug-likeness (QED) is 0.717. The lowest BCUT2D eigenvalue weighted by molar-refractivity contribution is 0.334. The fourth-order valence-corrected chi connectivity index (χ4v) is 1.48. The summed E-state index contributed by atoms with van der Waals surface area (Å²) >= 11 is 0. The highest BCUT2D eigenvalue weighted by Crippen LogP contribution is 2.28. The Morgan fingerprint density at radius 2 is 2.13 bits per heavy atom. The summed E-state index contributed by atoms with van der Waals surface area (Å²) in [5, 5.41) is 0.980. The Labute approximate surface area is 89.1 Å². The molecule has 0 spiro atoms. The molecule has 0 unspecified atom stereocenters. The molecule has 0 fully saturated rings. The Hall–Kier alpha value is -1.42. The van der Waals surface area contributed by atoms with Crippen LogP contribution in [0.2, 0.25) is 6.32 Å². The highest BCUT2D eigenvalue weighted by molar-refractivity contribution is 6.45. The number of hydrogen-bond acceptors (Lipinski definition) is 3. The van der Waals surface area contributed by atoms with Gasteiger partial charge in [0, 0.05) is 7.11 Å². The van der Waals surface area contributed by atoms with Gasteiger partial charge in [0.05, 0.1) is 5.39 Å². The molecule has 0 amide bonds. The second kappa shape index (κ2) is 4.40. The summed E-state index contributed by atoms with van der Waals surface area (Å²) in [5.41, 5.74) is 0.832. The molecule has 15 heavy (non-hydrogen) atoms. The van der Waals surface area contributed by atoms with Gasteiger partial charge >= 0.3 is 7.12 Å². The first kappa shape index (κ1) is 10.1. The summed E-state index contributed by atoms with van der Waals surface area (Å²) in [6.07, 6.45) is 2.42. The van der Waals surface area contributed by atoms with Crippen molar-refractivity contribution in [2.75, 3.05) is 7.11 Å². The van der Waals surface area contributed by atoms with Gasteiger partial charge in [-0.25, -0.2) is 0 Å². The topological polar surface area (TPSA) is 31.6 Å². The van der Waals surface area contributed by atoms with Crippen LogP contribution in [0.4, 0.5) is 0 Å². The molecule has 0 aliphatic carbocycles. The Balaban J connectivity index is 2.28. The van der Waals surface area contributed by atoms with Crippen LogP contribution in [-0.4, -0.2) is 14.2 Å². The second-order valence-electron chi connectivity index (χ2n) is 3.29. The summed E-state index contributed by atoms with van der Waals surface area (Å²) in [6, 6.07) is 7.77. The molecule has 0 atom stereocenters. The van der Waals surface area contributed by atoms with E-state index < -0.39 is 0 Å². The van der Waals surface area contributed by atoms with Crippen molar-refractivity contribution in [1.82, 2.24) is 0 Å². The van der Waals surface area contributed by atoms with Gasteiger partial charge in [-0.15, -0.1) is 0 Å². The Morgan fingerprint density at radius 1 is 1.33 bits per heavy atom. The van der Waals surface area contributed by atoms with E-state index in [0.717, 1.165) is 23.0 Å². The van der Waals surface area contributed by atoms with Gasteiger partial charge in [0.2, 0.25) is 0 Å². The molecule has 0 bridgehead atoms. The Kier molecular flexibility index (Phi) is 2.97. The standard InChI is InChI=1S/C11H13BO3/c1-3-12(13-2)15-11-8-14-10-7-5-4-6-9(10)11/h4-8H,3H2,1-2H3. The van der Waals surface area contributed by atoms with Crippen molar-refractivity contribution >= 4 is 18.1 Å². The number of fused-ring (bicyclic) bond motifs is 1. The number of rotatable bonds is 4. The van der Waals surface area contributed by atoms with Crippen LogP contribution in [0.25, 0.3) is 11.0 Å². The molecule has 0 N–H and O–H groups in total. The largest absolute Gasteiger partial charge is 0.533 e. The van der Waals surface area contributed by atoms with Crippen LogP contribution in [-0.2, 0) is 4.65 Å². The van der Waals surface area contributed by atoms with Crippen molar-refractivity contribution in [3.05, 3.63) is 30.5 Å². The molecule has 0 saturated heterocycles. The number of furan rings is 1. The van der Waals surface area contributed by atoms with Crippen LogP contribution in [0.5, 0.6) is 5.75 Å². The van der Waals surface area contributed by atoms with Crippen LogP contribution >= 0.6 is 0 Å². The molecular weight excluding hydrogens is 191 g/mol. The van der Waals surface area contributed by atoms with Gasteiger partial charge in [-0.3, -0.25) is 0 Å². The Bertz CT molecular complexity index is 434. The summed E-state index contributed by atoms with van der Waals surface area (Å²) in [7, 11) is 1.42. The van der Waals surface area contributed by atoms with Crippen molar-refractivity contribution in [2.24, 2.45) is 0 Å². The molecule has 78 valence electrons. The molecule has 4 heteroatoms. The van der Waals surface area contributed by atoms with Crippen molar-refractivity contribution in [3.8, 4) is 5.75 Å². The highest BCUT2D eigenvalue weighted by Gasteiger charge is 2.17. The molecule has 1 aromatic heterocycles. The maximum atomic E-state index is 5.65. The average Bonchev–Trinajstić information content (AvgIpc) is 2.69. The van der Waals surface area contributed by atoms with Crippen molar-refractivity contribution in [3.63, 3.8) is 0 Å². The van der Waals surface area contributed by atoms with Gasteiger partial charge in [0.25, 0.3) is 0 Å². The van der Waals surface area contributed by atoms with Crippen LogP contribution in [0.3, 0.4) is 0 Å². The third kappa shape index (κ3) is 2.00. The van der Waals surface area contributed by atoms with E-state index in [9.17, 15) is 0 Å². The minimum Gasteiger partial charge on any atom is -0.533 e. The van der Waals surface area contributed by atoms with E-state index in [1.165, 1.54) is 0 Å². The summed E-state index contributed by atoms with van der Waals surface area (Å²) < 4.78 is 16.2. The van der Waals surface area contributed by atoms with E-state index in [1.807, 2.05) is 31.2 Å². The number of hydrogen-bond donors (Lipinski definition) is 0. The van der Waals surface area contributed by atoms with Crippen LogP contribution < -0.4 is 4.65 Å². The zero-order valence-corrected chi connectivity index (χ0v) is 8.90. The van der Waals surface area contributed by atoms with Crippen molar-refractivity contribution in [1.29, 1.82) is 0 Å². The first-order valence-corrected chi connectivity index (χ1v) is 5.00. The fraction of sp³-hybridized carbons (Fsp3) is 0.273. The predicted octanol–water partition coefficient (Wildman–Crippen LogP) is 2.97. The number of para-hydroxylation sites is 1. The lowest BCUT2D eigenvalue weighted by Crippen LogP contribution is -2.22. The SMILES string of the molecule is CCB(OC)Oc1coc2ccccc12. The molecule has 2 aromatic rings. The molecule has 2 rings (SSSR count). The van der Waals surface area contributed by atoms with E-state index in [0.29, 0.717) is 0 Å². The summed E-state index contributed by atoms with van der Waals surface area (Å²) in [4.78, 5) is 0. The van der Waals surface area contributed by atoms with Gasteiger partial charge < -0.3 is 13.7 Å². The summed E-state index contributed by atoms with van der Waals surface area (Å²) in [6.45, 7) is 2.01. The smallest absolute Gasteiger partial charge is 0.524 e. The monoisotopic (exact) mass is 204 g/mol.